The number of phosphoric acid groups is 1. The summed E-state index contributed by atoms with van der Waals surface area (Å²) in [6.07, 6.45) is 48.2. The Balaban J connectivity index is 4.08. The zero-order valence-electron chi connectivity index (χ0n) is 37.4. The molecule has 0 amide bonds. The third kappa shape index (κ3) is 42.6. The predicted molar refractivity (Wildman–Crippen MR) is 240 cm³/mol. The van der Waals surface area contributed by atoms with E-state index in [-0.39, 0.29) is 13.0 Å². The molecule has 3 unspecified atom stereocenters. The summed E-state index contributed by atoms with van der Waals surface area (Å²) in [5, 5.41) is 8.90. The Hall–Kier alpha value is -1.55. The molecule has 0 aromatic rings. The fourth-order valence-corrected chi connectivity index (χ4v) is 7.54. The minimum Gasteiger partial charge on any atom is -0.480 e. The molecule has 0 aliphatic heterocycles. The van der Waals surface area contributed by atoms with Gasteiger partial charge in [0, 0.05) is 13.0 Å². The number of nitrogens with two attached hydrogens (primary N) is 1. The van der Waals surface area contributed by atoms with E-state index in [0.29, 0.717) is 13.0 Å². The first-order chi connectivity index (χ1) is 28.2. The molecule has 0 aromatic heterocycles. The fraction of sp³-hybridized carbons (Fsp3) is 0.872. The maximum absolute atomic E-state index is 12.6. The third-order valence-corrected chi connectivity index (χ3v) is 11.4. The van der Waals surface area contributed by atoms with Crippen LogP contribution in [0, 0.1) is 0 Å². The van der Waals surface area contributed by atoms with Crippen molar-refractivity contribution < 1.29 is 42.7 Å². The largest absolute Gasteiger partial charge is 0.480 e. The molecule has 0 bridgehead atoms. The number of carboxylic acids is 1. The van der Waals surface area contributed by atoms with E-state index in [1.165, 1.54) is 135 Å². The minimum absolute atomic E-state index is 0.0155. The molecular formula is C47H90NO9P. The SMILES string of the molecule is CCC/C=C\C/C=C\CCCCCCCC(=O)OC(COCCCCCCCCCCCCCCCCCCCCCCCCC)COP(=O)(O)OCC(N)C(=O)O. The smallest absolute Gasteiger partial charge is 0.472 e. The van der Waals surface area contributed by atoms with Crippen LogP contribution in [-0.2, 0) is 32.7 Å². The van der Waals surface area contributed by atoms with Gasteiger partial charge in [-0.3, -0.25) is 18.6 Å². The number of aliphatic carboxylic acids is 1. The lowest BCUT2D eigenvalue weighted by atomic mass is 10.0. The predicted octanol–water partition coefficient (Wildman–Crippen LogP) is 13.5. The van der Waals surface area contributed by atoms with Crippen LogP contribution in [0.3, 0.4) is 0 Å². The maximum Gasteiger partial charge on any atom is 0.472 e. The molecular weight excluding hydrogens is 753 g/mol. The minimum atomic E-state index is -4.62. The number of carboxylic acid groups (broad SMARTS) is 1. The van der Waals surface area contributed by atoms with Crippen LogP contribution in [0.1, 0.15) is 226 Å². The van der Waals surface area contributed by atoms with Gasteiger partial charge in [0.25, 0.3) is 0 Å². The van der Waals surface area contributed by atoms with Gasteiger partial charge in [-0.25, -0.2) is 4.57 Å². The van der Waals surface area contributed by atoms with Crippen molar-refractivity contribution in [3.63, 3.8) is 0 Å². The molecule has 58 heavy (non-hydrogen) atoms. The normalized spacial score (nSPS) is 14.0. The number of phosphoric ester groups is 1. The molecule has 0 rings (SSSR count). The summed E-state index contributed by atoms with van der Waals surface area (Å²) in [6.45, 7) is 3.83. The van der Waals surface area contributed by atoms with Crippen molar-refractivity contribution >= 4 is 19.8 Å². The van der Waals surface area contributed by atoms with Crippen LogP contribution >= 0.6 is 7.82 Å². The topological polar surface area (TPSA) is 155 Å². The Labute approximate surface area is 355 Å². The van der Waals surface area contributed by atoms with Gasteiger partial charge in [0.05, 0.1) is 19.8 Å². The van der Waals surface area contributed by atoms with Crippen LogP contribution in [0.4, 0.5) is 0 Å². The molecule has 11 heteroatoms. The first-order valence-electron chi connectivity index (χ1n) is 23.9. The maximum atomic E-state index is 12.6. The highest BCUT2D eigenvalue weighted by Crippen LogP contribution is 2.43. The van der Waals surface area contributed by atoms with E-state index >= 15 is 0 Å². The van der Waals surface area contributed by atoms with Gasteiger partial charge >= 0.3 is 19.8 Å². The van der Waals surface area contributed by atoms with Crippen molar-refractivity contribution in [3.8, 4) is 0 Å². The molecule has 0 spiro atoms. The Morgan fingerprint density at radius 1 is 0.552 bits per heavy atom. The number of allylic oxidation sites excluding steroid dienone is 4. The number of carbonyl (C=O) groups is 2. The van der Waals surface area contributed by atoms with Gasteiger partial charge in [-0.2, -0.15) is 0 Å². The van der Waals surface area contributed by atoms with E-state index in [1.807, 2.05) is 0 Å². The molecule has 0 aromatic carbocycles. The number of unbranched alkanes of at least 4 members (excludes halogenated alkanes) is 28. The molecule has 342 valence electrons. The van der Waals surface area contributed by atoms with Crippen LogP contribution in [0.2, 0.25) is 0 Å². The number of esters is 1. The van der Waals surface area contributed by atoms with Crippen LogP contribution in [0.15, 0.2) is 24.3 Å². The Kier molecular flexibility index (Phi) is 42.4. The summed E-state index contributed by atoms with van der Waals surface area (Å²) < 4.78 is 33.4. The molecule has 0 fully saturated rings. The second kappa shape index (κ2) is 43.5. The summed E-state index contributed by atoms with van der Waals surface area (Å²) in [5.41, 5.74) is 5.36. The molecule has 0 saturated carbocycles. The lowest BCUT2D eigenvalue weighted by Gasteiger charge is -2.20. The van der Waals surface area contributed by atoms with Crippen molar-refractivity contribution in [3.05, 3.63) is 24.3 Å². The Morgan fingerprint density at radius 2 is 0.983 bits per heavy atom. The van der Waals surface area contributed by atoms with Gasteiger partial charge in [-0.05, 0) is 38.5 Å². The van der Waals surface area contributed by atoms with Crippen molar-refractivity contribution in [2.75, 3.05) is 26.4 Å². The third-order valence-electron chi connectivity index (χ3n) is 10.5. The molecule has 0 heterocycles. The summed E-state index contributed by atoms with van der Waals surface area (Å²) in [7, 11) is -4.62. The molecule has 0 radical (unpaired) electrons. The number of hydrogen-bond acceptors (Lipinski definition) is 8. The molecule has 4 N–H and O–H groups in total. The molecule has 0 aliphatic rings. The van der Waals surface area contributed by atoms with Gasteiger partial charge in [0.15, 0.2) is 0 Å². The molecule has 10 nitrogen and oxygen atoms in total. The van der Waals surface area contributed by atoms with E-state index in [4.69, 9.17) is 29.4 Å². The monoisotopic (exact) mass is 844 g/mol. The second-order valence-corrected chi connectivity index (χ2v) is 17.7. The summed E-state index contributed by atoms with van der Waals surface area (Å²) in [5.74, 6) is -1.79. The number of rotatable bonds is 46. The highest BCUT2D eigenvalue weighted by molar-refractivity contribution is 7.47. The van der Waals surface area contributed by atoms with E-state index in [1.54, 1.807) is 0 Å². The van der Waals surface area contributed by atoms with E-state index in [9.17, 15) is 19.0 Å². The van der Waals surface area contributed by atoms with Crippen molar-refractivity contribution in [2.24, 2.45) is 5.73 Å². The van der Waals surface area contributed by atoms with Crippen LogP contribution in [0.5, 0.6) is 0 Å². The standard InChI is InChI=1S/C47H90NO9P/c1-3-5-7-9-11-13-15-17-18-19-20-21-22-23-24-25-26-28-30-32-34-36-38-40-54-41-44(42-55-58(52,53)56-43-45(48)47(50)51)57-46(49)39-37-35-33-31-29-27-16-14-12-10-8-6-4-2/h8,10,14,16,44-45H,3-7,9,11-13,15,17-43,48H2,1-2H3,(H,50,51)(H,52,53)/b10-8-,16-14-. The van der Waals surface area contributed by atoms with Crippen molar-refractivity contribution in [2.45, 2.75) is 238 Å². The van der Waals surface area contributed by atoms with Crippen molar-refractivity contribution in [1.29, 1.82) is 0 Å². The first-order valence-corrected chi connectivity index (χ1v) is 25.4. The van der Waals surface area contributed by atoms with Gasteiger partial charge in [0.1, 0.15) is 12.1 Å². The number of ether oxygens (including phenoxy) is 2. The fourth-order valence-electron chi connectivity index (χ4n) is 6.76. The lowest BCUT2D eigenvalue weighted by molar-refractivity contribution is -0.154. The quantitative estimate of drug-likeness (QED) is 0.0233. The lowest BCUT2D eigenvalue weighted by Crippen LogP contribution is -2.34. The second-order valence-electron chi connectivity index (χ2n) is 16.2. The Bertz CT molecular complexity index is 1020. The van der Waals surface area contributed by atoms with Gasteiger partial charge in [0.2, 0.25) is 0 Å². The van der Waals surface area contributed by atoms with Gasteiger partial charge < -0.3 is 25.2 Å². The van der Waals surface area contributed by atoms with Crippen LogP contribution < -0.4 is 5.73 Å². The molecule has 0 saturated heterocycles. The summed E-state index contributed by atoms with van der Waals surface area (Å²) in [4.78, 5) is 33.5. The van der Waals surface area contributed by atoms with E-state index in [2.05, 4.69) is 38.2 Å². The first kappa shape index (κ1) is 56.5. The zero-order valence-corrected chi connectivity index (χ0v) is 38.3. The zero-order chi connectivity index (χ0) is 42.6. The summed E-state index contributed by atoms with van der Waals surface area (Å²) >= 11 is 0. The number of hydrogen-bond donors (Lipinski definition) is 3. The summed E-state index contributed by atoms with van der Waals surface area (Å²) in [6, 6.07) is -1.47. The van der Waals surface area contributed by atoms with Crippen LogP contribution in [-0.4, -0.2) is 60.5 Å². The highest BCUT2D eigenvalue weighted by Gasteiger charge is 2.27. The van der Waals surface area contributed by atoms with Crippen LogP contribution in [0.25, 0.3) is 0 Å². The van der Waals surface area contributed by atoms with Gasteiger partial charge in [-0.15, -0.1) is 0 Å². The van der Waals surface area contributed by atoms with Gasteiger partial charge in [-0.1, -0.05) is 205 Å². The average Bonchev–Trinajstić information content (AvgIpc) is 3.20. The van der Waals surface area contributed by atoms with E-state index in [0.717, 1.165) is 64.2 Å². The average molecular weight is 844 g/mol. The highest BCUT2D eigenvalue weighted by atomic mass is 31.2. The van der Waals surface area contributed by atoms with E-state index < -0.39 is 45.1 Å². The molecule has 3 atom stereocenters. The number of carbonyl (C=O) groups excluding carboxylic acids is 1. The molecule has 0 aliphatic carbocycles. The Morgan fingerprint density at radius 3 is 1.47 bits per heavy atom. The van der Waals surface area contributed by atoms with Crippen molar-refractivity contribution in [1.82, 2.24) is 0 Å².